The Hall–Kier alpha value is -1.55. The van der Waals surface area contributed by atoms with E-state index in [1.807, 2.05) is 0 Å². The van der Waals surface area contributed by atoms with Crippen LogP contribution in [0, 0.1) is 5.82 Å². The molecule has 0 aromatic heterocycles. The van der Waals surface area contributed by atoms with Crippen molar-refractivity contribution in [2.24, 2.45) is 0 Å². The maximum absolute atomic E-state index is 13.4. The Morgan fingerprint density at radius 1 is 1.35 bits per heavy atom. The summed E-state index contributed by atoms with van der Waals surface area (Å²) in [5.74, 6) is -2.45. The van der Waals surface area contributed by atoms with E-state index in [-0.39, 0.29) is 0 Å². The molecular formula is C9H6ClF4NO4S. The van der Waals surface area contributed by atoms with Gasteiger partial charge in [0.25, 0.3) is 0 Å². The van der Waals surface area contributed by atoms with Crippen molar-refractivity contribution in [1.82, 2.24) is 0 Å². The molecule has 0 aliphatic carbocycles. The van der Waals surface area contributed by atoms with Gasteiger partial charge in [0.05, 0.1) is 23.4 Å². The summed E-state index contributed by atoms with van der Waals surface area (Å²) < 4.78 is 76.8. The van der Waals surface area contributed by atoms with Crippen LogP contribution in [0.25, 0.3) is 0 Å². The molecule has 0 bridgehead atoms. The van der Waals surface area contributed by atoms with E-state index in [2.05, 4.69) is 4.74 Å². The average molecular weight is 336 g/mol. The van der Waals surface area contributed by atoms with Crippen molar-refractivity contribution >= 4 is 33.3 Å². The minimum Gasteiger partial charge on any atom is -0.465 e. The van der Waals surface area contributed by atoms with Gasteiger partial charge in [-0.05, 0) is 12.1 Å². The van der Waals surface area contributed by atoms with Gasteiger partial charge in [-0.25, -0.2) is 9.18 Å². The average Bonchev–Trinajstić information content (AvgIpc) is 2.30. The predicted molar refractivity (Wildman–Crippen MR) is 61.3 cm³/mol. The minimum absolute atomic E-state index is 0.440. The number of rotatable bonds is 3. The van der Waals surface area contributed by atoms with Gasteiger partial charge < -0.3 is 4.74 Å². The number of hydrogen-bond acceptors (Lipinski definition) is 4. The highest BCUT2D eigenvalue weighted by Gasteiger charge is 2.46. The monoisotopic (exact) mass is 335 g/mol. The number of nitrogens with one attached hydrogen (secondary N) is 1. The highest BCUT2D eigenvalue weighted by molar-refractivity contribution is 7.93. The molecule has 0 saturated carbocycles. The fourth-order valence-corrected chi connectivity index (χ4v) is 1.89. The van der Waals surface area contributed by atoms with Crippen LogP contribution in [0.1, 0.15) is 10.4 Å². The van der Waals surface area contributed by atoms with E-state index in [0.717, 1.165) is 11.8 Å². The zero-order chi connectivity index (χ0) is 15.7. The maximum atomic E-state index is 13.4. The molecule has 0 atom stereocenters. The first-order chi connectivity index (χ1) is 8.99. The molecule has 11 heteroatoms. The second-order valence-corrected chi connectivity index (χ2v) is 5.44. The van der Waals surface area contributed by atoms with Crippen LogP contribution >= 0.6 is 11.6 Å². The van der Waals surface area contributed by atoms with E-state index in [9.17, 15) is 30.8 Å². The molecular weight excluding hydrogens is 330 g/mol. The molecule has 0 aliphatic rings. The van der Waals surface area contributed by atoms with Gasteiger partial charge in [-0.1, -0.05) is 11.6 Å². The van der Waals surface area contributed by atoms with E-state index in [1.165, 1.54) is 0 Å². The molecule has 0 heterocycles. The summed E-state index contributed by atoms with van der Waals surface area (Å²) in [7, 11) is -4.86. The number of anilines is 1. The SMILES string of the molecule is COC(=O)c1cc(NS(=O)(=O)C(F)(F)F)c(F)cc1Cl. The molecule has 20 heavy (non-hydrogen) atoms. The van der Waals surface area contributed by atoms with Crippen LogP contribution in [0.4, 0.5) is 23.2 Å². The van der Waals surface area contributed by atoms with Crippen LogP contribution in [0.2, 0.25) is 5.02 Å². The van der Waals surface area contributed by atoms with E-state index < -0.39 is 43.6 Å². The third-order valence-corrected chi connectivity index (χ3v) is 3.42. The number of methoxy groups -OCH3 is 1. The van der Waals surface area contributed by atoms with Crippen LogP contribution in [-0.4, -0.2) is 27.0 Å². The Morgan fingerprint density at radius 3 is 2.35 bits per heavy atom. The van der Waals surface area contributed by atoms with Gasteiger partial charge in [0, 0.05) is 0 Å². The molecule has 0 aliphatic heterocycles. The molecule has 0 fully saturated rings. The third-order valence-electron chi connectivity index (χ3n) is 2.01. The number of carbonyl (C=O) groups excluding carboxylic acids is 1. The highest BCUT2D eigenvalue weighted by atomic mass is 35.5. The second-order valence-electron chi connectivity index (χ2n) is 3.35. The number of benzene rings is 1. The summed E-state index contributed by atoms with van der Waals surface area (Å²) in [4.78, 5) is 11.2. The van der Waals surface area contributed by atoms with Crippen LogP contribution in [0.3, 0.4) is 0 Å². The van der Waals surface area contributed by atoms with Gasteiger partial charge in [-0.2, -0.15) is 21.6 Å². The molecule has 0 saturated heterocycles. The van der Waals surface area contributed by atoms with E-state index in [0.29, 0.717) is 12.1 Å². The van der Waals surface area contributed by atoms with Gasteiger partial charge in [-0.15, -0.1) is 0 Å². The summed E-state index contributed by atoms with van der Waals surface area (Å²) in [6.45, 7) is 0. The van der Waals surface area contributed by atoms with Crippen molar-refractivity contribution < 1.29 is 35.5 Å². The topological polar surface area (TPSA) is 72.5 Å². The van der Waals surface area contributed by atoms with Gasteiger partial charge in [0.2, 0.25) is 0 Å². The molecule has 1 aromatic rings. The van der Waals surface area contributed by atoms with Crippen molar-refractivity contribution in [3.63, 3.8) is 0 Å². The van der Waals surface area contributed by atoms with Gasteiger partial charge in [0.15, 0.2) is 0 Å². The van der Waals surface area contributed by atoms with Crippen molar-refractivity contribution in [2.45, 2.75) is 5.51 Å². The first-order valence-electron chi connectivity index (χ1n) is 4.66. The Kier molecular flexibility index (Phi) is 4.49. The van der Waals surface area contributed by atoms with Gasteiger partial charge in [-0.3, -0.25) is 4.72 Å². The van der Waals surface area contributed by atoms with Crippen LogP contribution in [-0.2, 0) is 14.8 Å². The summed E-state index contributed by atoms with van der Waals surface area (Å²) in [6, 6.07) is 0.995. The standard InChI is InChI=1S/C9H6ClF4NO4S/c1-19-8(16)4-2-7(6(11)3-5(4)10)15-20(17,18)9(12,13)14/h2-3,15H,1H3. The summed E-state index contributed by atoms with van der Waals surface area (Å²) >= 11 is 5.50. The smallest absolute Gasteiger partial charge is 0.465 e. The molecule has 0 unspecified atom stereocenters. The fraction of sp³-hybridized carbons (Fsp3) is 0.222. The van der Waals surface area contributed by atoms with Gasteiger partial charge in [0.1, 0.15) is 5.82 Å². The molecule has 0 amide bonds. The maximum Gasteiger partial charge on any atom is 0.516 e. The number of sulfonamides is 1. The summed E-state index contributed by atoms with van der Waals surface area (Å²) in [5.41, 5.74) is -7.20. The Labute approximate surface area is 115 Å². The Bertz CT molecular complexity index is 644. The molecule has 0 radical (unpaired) electrons. The first-order valence-corrected chi connectivity index (χ1v) is 6.52. The largest absolute Gasteiger partial charge is 0.516 e. The van der Waals surface area contributed by atoms with E-state index >= 15 is 0 Å². The number of halogens is 5. The zero-order valence-electron chi connectivity index (χ0n) is 9.59. The molecule has 0 spiro atoms. The number of alkyl halides is 3. The second kappa shape index (κ2) is 5.44. The number of carbonyl (C=O) groups is 1. The van der Waals surface area contributed by atoms with Crippen LogP contribution in [0.15, 0.2) is 12.1 Å². The predicted octanol–water partition coefficient (Wildman–Crippen LogP) is 2.53. The molecule has 1 rings (SSSR count). The van der Waals surface area contributed by atoms with Crippen LogP contribution in [0.5, 0.6) is 0 Å². The highest BCUT2D eigenvalue weighted by Crippen LogP contribution is 2.29. The van der Waals surface area contributed by atoms with E-state index in [4.69, 9.17) is 11.6 Å². The lowest BCUT2D eigenvalue weighted by molar-refractivity contribution is -0.0429. The fourth-order valence-electron chi connectivity index (χ4n) is 1.10. The lowest BCUT2D eigenvalue weighted by Crippen LogP contribution is -2.30. The lowest BCUT2D eigenvalue weighted by Gasteiger charge is -2.12. The Morgan fingerprint density at radius 2 is 1.90 bits per heavy atom. The van der Waals surface area contributed by atoms with Crippen molar-refractivity contribution in [3.8, 4) is 0 Å². The Balaban J connectivity index is 3.31. The summed E-state index contributed by atoms with van der Waals surface area (Å²) in [6.07, 6.45) is 0. The third kappa shape index (κ3) is 3.31. The quantitative estimate of drug-likeness (QED) is 0.680. The number of hydrogen-bond donors (Lipinski definition) is 1. The molecule has 5 nitrogen and oxygen atoms in total. The lowest BCUT2D eigenvalue weighted by atomic mass is 10.2. The van der Waals surface area contributed by atoms with Crippen molar-refractivity contribution in [2.75, 3.05) is 11.8 Å². The normalized spacial score (nSPS) is 12.1. The molecule has 112 valence electrons. The van der Waals surface area contributed by atoms with E-state index in [1.54, 1.807) is 0 Å². The van der Waals surface area contributed by atoms with Crippen molar-refractivity contribution in [1.29, 1.82) is 0 Å². The summed E-state index contributed by atoms with van der Waals surface area (Å²) in [5, 5.41) is -0.440. The minimum atomic E-state index is -5.82. The van der Waals surface area contributed by atoms with Crippen molar-refractivity contribution in [3.05, 3.63) is 28.5 Å². The molecule has 1 aromatic carbocycles. The zero-order valence-corrected chi connectivity index (χ0v) is 11.2. The van der Waals surface area contributed by atoms with Gasteiger partial charge >= 0.3 is 21.5 Å². The number of ether oxygens (including phenoxy) is 1. The van der Waals surface area contributed by atoms with Crippen LogP contribution < -0.4 is 4.72 Å². The molecule has 1 N–H and O–H groups in total. The number of esters is 1. The first kappa shape index (κ1) is 16.5.